The summed E-state index contributed by atoms with van der Waals surface area (Å²) in [4.78, 5) is 11.2. The van der Waals surface area contributed by atoms with E-state index in [9.17, 15) is 15.2 Å². The van der Waals surface area contributed by atoms with Crippen molar-refractivity contribution >= 4 is 33.5 Å². The predicted octanol–water partition coefficient (Wildman–Crippen LogP) is 4.09. The molecule has 0 aromatic heterocycles. The number of nitro groups is 1. The molecular formula is C25H22NO3P. The third-order valence-corrected chi connectivity index (χ3v) is 12.3. The molecule has 0 spiro atoms. The molecule has 0 aliphatic carbocycles. The van der Waals surface area contributed by atoms with Crippen LogP contribution in [0.5, 0.6) is 5.75 Å². The quantitative estimate of drug-likeness (QED) is 0.303. The second-order valence-corrected chi connectivity index (χ2v) is 12.7. The minimum absolute atomic E-state index is 0.0403. The maximum atomic E-state index is 11.6. The van der Waals surface area contributed by atoms with Gasteiger partial charge in [0, 0.05) is 0 Å². The van der Waals surface area contributed by atoms with Crippen LogP contribution in [0, 0.1) is 10.1 Å². The van der Waals surface area contributed by atoms with E-state index in [2.05, 4.69) is 43.1 Å². The fourth-order valence-electron chi connectivity index (χ4n) is 4.34. The molecule has 0 heterocycles. The van der Waals surface area contributed by atoms with Gasteiger partial charge >= 0.3 is 175 Å². The van der Waals surface area contributed by atoms with Gasteiger partial charge in [-0.15, -0.1) is 0 Å². The van der Waals surface area contributed by atoms with Crippen molar-refractivity contribution < 1.29 is 10.0 Å². The van der Waals surface area contributed by atoms with Crippen LogP contribution in [-0.4, -0.2) is 16.7 Å². The summed E-state index contributed by atoms with van der Waals surface area (Å²) in [6.45, 7) is -1.34. The molecule has 1 N–H and O–H groups in total. The number of aromatic hydroxyl groups is 1. The van der Waals surface area contributed by atoms with Crippen LogP contribution in [-0.2, 0) is 0 Å². The Balaban J connectivity index is 2.27. The predicted molar refractivity (Wildman–Crippen MR) is 125 cm³/mol. The third kappa shape index (κ3) is 2.80. The van der Waals surface area contributed by atoms with Gasteiger partial charge in [-0.1, -0.05) is 0 Å². The van der Waals surface area contributed by atoms with Gasteiger partial charge in [0.15, 0.2) is 0 Å². The molecule has 0 saturated heterocycles. The first kappa shape index (κ1) is 19.8. The summed E-state index contributed by atoms with van der Waals surface area (Å²) in [5, 5.41) is 26.4. The fraction of sp³-hybridized carbons (Fsp3) is 0.0400. The summed E-state index contributed by atoms with van der Waals surface area (Å²) >= 11 is 0. The van der Waals surface area contributed by atoms with E-state index in [1.807, 2.05) is 54.6 Å². The maximum absolute atomic E-state index is 11.6. The molecule has 4 aromatic rings. The number of rotatable bonds is 5. The molecule has 0 fully saturated rings. The van der Waals surface area contributed by atoms with Crippen LogP contribution in [0.2, 0.25) is 0 Å². The molecular weight excluding hydrogens is 393 g/mol. The average molecular weight is 415 g/mol. The fourth-order valence-corrected chi connectivity index (χ4v) is 9.92. The summed E-state index contributed by atoms with van der Waals surface area (Å²) < 4.78 is 0. The van der Waals surface area contributed by atoms with Crippen LogP contribution in [0.1, 0.15) is 0 Å². The SMILES string of the molecule is CP(c1ccccc1)(c1ccccc1)(c1ccccc1)c1cc([N+](=O)[O-])ccc1O. The van der Waals surface area contributed by atoms with E-state index in [-0.39, 0.29) is 11.4 Å². The van der Waals surface area contributed by atoms with Crippen molar-refractivity contribution in [2.45, 2.75) is 0 Å². The number of hydrogen-bond acceptors (Lipinski definition) is 3. The summed E-state index contributed by atoms with van der Waals surface area (Å²) in [5.41, 5.74) is -0.0403. The number of benzene rings is 4. The Hall–Kier alpha value is -3.49. The number of nitro benzene ring substituents is 1. The number of phenolic OH excluding ortho intramolecular Hbond substituents is 1. The molecule has 5 heteroatoms. The second kappa shape index (κ2) is 7.40. The molecule has 150 valence electrons. The molecule has 4 nitrogen and oxygen atoms in total. The first-order valence-electron chi connectivity index (χ1n) is 9.62. The van der Waals surface area contributed by atoms with Crippen molar-refractivity contribution in [1.29, 1.82) is 0 Å². The normalized spacial score (nSPS) is 12.6. The Morgan fingerprint density at radius 3 is 1.47 bits per heavy atom. The molecule has 4 aromatic carbocycles. The third-order valence-electron chi connectivity index (χ3n) is 5.98. The Morgan fingerprint density at radius 2 is 1.10 bits per heavy atom. The zero-order valence-corrected chi connectivity index (χ0v) is 17.4. The van der Waals surface area contributed by atoms with E-state index < -0.39 is 11.5 Å². The number of phenols is 1. The van der Waals surface area contributed by atoms with Crippen LogP contribution in [0.15, 0.2) is 109 Å². The van der Waals surface area contributed by atoms with E-state index in [0.29, 0.717) is 5.30 Å². The van der Waals surface area contributed by atoms with Crippen molar-refractivity contribution in [2.24, 2.45) is 0 Å². The molecule has 0 amide bonds. The monoisotopic (exact) mass is 415 g/mol. The molecule has 30 heavy (non-hydrogen) atoms. The Bertz CT molecular complexity index is 1100. The van der Waals surface area contributed by atoms with Gasteiger partial charge < -0.3 is 0 Å². The van der Waals surface area contributed by atoms with Gasteiger partial charge in [0.2, 0.25) is 0 Å². The zero-order chi connectivity index (χ0) is 21.2. The van der Waals surface area contributed by atoms with E-state index in [1.165, 1.54) is 12.1 Å². The Kier molecular flexibility index (Phi) is 4.89. The minimum atomic E-state index is -3.50. The van der Waals surface area contributed by atoms with E-state index in [0.717, 1.165) is 15.9 Å². The molecule has 0 bridgehead atoms. The van der Waals surface area contributed by atoms with Gasteiger partial charge in [-0.2, -0.15) is 0 Å². The van der Waals surface area contributed by atoms with Crippen molar-refractivity contribution in [2.75, 3.05) is 6.66 Å². The number of hydrogen-bond donors (Lipinski definition) is 1. The molecule has 4 rings (SSSR count). The van der Waals surface area contributed by atoms with Gasteiger partial charge in [-0.3, -0.25) is 0 Å². The molecule has 0 unspecified atom stereocenters. The van der Waals surface area contributed by atoms with E-state index in [1.54, 1.807) is 6.07 Å². The summed E-state index contributed by atoms with van der Waals surface area (Å²) in [6, 6.07) is 34.3. The number of non-ortho nitro benzene ring substituents is 1. The Morgan fingerprint density at radius 1 is 0.700 bits per heavy atom. The van der Waals surface area contributed by atoms with Gasteiger partial charge in [0.1, 0.15) is 0 Å². The first-order valence-corrected chi connectivity index (χ1v) is 12.3. The number of nitrogens with zero attached hydrogens (tertiary/aromatic N) is 1. The van der Waals surface area contributed by atoms with Crippen molar-refractivity contribution in [1.82, 2.24) is 0 Å². The van der Waals surface area contributed by atoms with Gasteiger partial charge in [-0.25, -0.2) is 0 Å². The van der Waals surface area contributed by atoms with E-state index >= 15 is 0 Å². The molecule has 0 saturated carbocycles. The van der Waals surface area contributed by atoms with Gasteiger partial charge in [-0.05, 0) is 0 Å². The molecule has 0 atom stereocenters. The van der Waals surface area contributed by atoms with Crippen molar-refractivity contribution in [3.8, 4) is 5.75 Å². The van der Waals surface area contributed by atoms with Crippen LogP contribution in [0.3, 0.4) is 0 Å². The van der Waals surface area contributed by atoms with E-state index in [4.69, 9.17) is 0 Å². The molecule has 0 aliphatic heterocycles. The summed E-state index contributed by atoms with van der Waals surface area (Å²) in [5.74, 6) is 0.0531. The topological polar surface area (TPSA) is 63.4 Å². The molecule has 0 radical (unpaired) electrons. The molecule has 0 aliphatic rings. The second-order valence-electron chi connectivity index (χ2n) is 7.50. The zero-order valence-electron chi connectivity index (χ0n) is 16.6. The van der Waals surface area contributed by atoms with Crippen LogP contribution >= 0.6 is 6.60 Å². The van der Waals surface area contributed by atoms with Gasteiger partial charge in [0.05, 0.1) is 0 Å². The average Bonchev–Trinajstić information content (AvgIpc) is 2.80. The van der Waals surface area contributed by atoms with Crippen LogP contribution in [0.4, 0.5) is 5.69 Å². The van der Waals surface area contributed by atoms with Crippen molar-refractivity contribution in [3.05, 3.63) is 119 Å². The van der Waals surface area contributed by atoms with Crippen LogP contribution in [0.25, 0.3) is 0 Å². The first-order chi connectivity index (χ1) is 14.5. The Labute approximate surface area is 175 Å². The summed E-state index contributed by atoms with van der Waals surface area (Å²) in [6.07, 6.45) is 0. The standard InChI is InChI=1S/C25H22NO3P/c1-30(21-11-5-2-6-12-21,22-13-7-3-8-14-22,23-15-9-4-10-16-23)25-19-20(26(28)29)17-18-24(25)27/h2-19,27H,1H3. The van der Waals surface area contributed by atoms with Gasteiger partial charge in [0.25, 0.3) is 0 Å². The summed E-state index contributed by atoms with van der Waals surface area (Å²) in [7, 11) is 0. The van der Waals surface area contributed by atoms with Crippen LogP contribution < -0.4 is 21.2 Å². The van der Waals surface area contributed by atoms with Crippen molar-refractivity contribution in [3.63, 3.8) is 0 Å².